The monoisotopic (exact) mass is 197 g/mol. The highest BCUT2D eigenvalue weighted by molar-refractivity contribution is 5.76. The molecule has 1 aliphatic heterocycles. The number of likely N-dealkylation sites (tertiary alicyclic amines) is 1. The van der Waals surface area contributed by atoms with Crippen LogP contribution in [0.3, 0.4) is 0 Å². The molecule has 2 rings (SSSR count). The molecule has 0 aromatic rings. The Hall–Kier alpha value is -1.06. The second-order valence-electron chi connectivity index (χ2n) is 4.27. The molecule has 78 valence electrons. The maximum atomic E-state index is 11.2. The van der Waals surface area contributed by atoms with Crippen LogP contribution in [0.4, 0.5) is 0 Å². The molecule has 2 fully saturated rings. The van der Waals surface area contributed by atoms with Gasteiger partial charge in [-0.25, -0.2) is 0 Å². The van der Waals surface area contributed by atoms with Crippen LogP contribution in [-0.4, -0.2) is 34.5 Å². The van der Waals surface area contributed by atoms with Gasteiger partial charge in [-0.05, 0) is 25.2 Å². The van der Waals surface area contributed by atoms with Crippen LogP contribution >= 0.6 is 0 Å². The molecule has 0 radical (unpaired) electrons. The van der Waals surface area contributed by atoms with Gasteiger partial charge in [0.1, 0.15) is 0 Å². The highest BCUT2D eigenvalue weighted by atomic mass is 16.4. The first kappa shape index (κ1) is 9.49. The molecule has 1 heterocycles. The zero-order chi connectivity index (χ0) is 10.3. The van der Waals surface area contributed by atoms with Crippen molar-refractivity contribution in [2.24, 2.45) is 11.8 Å². The fraction of sp³-hybridized carbons (Fsp3) is 0.800. The molecule has 0 spiro atoms. The third-order valence-corrected chi connectivity index (χ3v) is 3.35. The van der Waals surface area contributed by atoms with E-state index in [0.29, 0.717) is 0 Å². The SMILES string of the molecule is CC(=O)N1CCCC1[C@@H]1C[C@H]1C(=O)O. The predicted octanol–water partition coefficient (Wildman–Crippen LogP) is 0.718. The van der Waals surface area contributed by atoms with Crippen LogP contribution in [0.2, 0.25) is 0 Å². The molecule has 1 saturated carbocycles. The highest BCUT2D eigenvalue weighted by Gasteiger charge is 2.51. The van der Waals surface area contributed by atoms with Gasteiger partial charge in [0, 0.05) is 19.5 Å². The fourth-order valence-corrected chi connectivity index (χ4v) is 2.55. The zero-order valence-corrected chi connectivity index (χ0v) is 8.27. The lowest BCUT2D eigenvalue weighted by Gasteiger charge is -2.23. The minimum atomic E-state index is -0.703. The van der Waals surface area contributed by atoms with Crippen LogP contribution in [0.5, 0.6) is 0 Å². The number of rotatable bonds is 2. The summed E-state index contributed by atoms with van der Waals surface area (Å²) in [5.41, 5.74) is 0. The average Bonchev–Trinajstić information content (AvgIpc) is 2.75. The molecular weight excluding hydrogens is 182 g/mol. The van der Waals surface area contributed by atoms with Gasteiger partial charge in [0.15, 0.2) is 0 Å². The van der Waals surface area contributed by atoms with Crippen molar-refractivity contribution in [3.05, 3.63) is 0 Å². The summed E-state index contributed by atoms with van der Waals surface area (Å²) >= 11 is 0. The van der Waals surface area contributed by atoms with E-state index in [1.807, 2.05) is 4.90 Å². The molecule has 0 bridgehead atoms. The molecule has 1 aliphatic carbocycles. The molecule has 1 saturated heterocycles. The van der Waals surface area contributed by atoms with E-state index in [0.717, 1.165) is 25.8 Å². The summed E-state index contributed by atoms with van der Waals surface area (Å²) < 4.78 is 0. The Bertz CT molecular complexity index is 277. The molecule has 1 N–H and O–H groups in total. The standard InChI is InChI=1S/C10H15NO3/c1-6(12)11-4-2-3-9(11)7-5-8(7)10(13)14/h7-9H,2-5H2,1H3,(H,13,14)/t7-,8-,9?/m1/s1. The Labute approximate surface area is 82.9 Å². The van der Waals surface area contributed by atoms with Crippen LogP contribution < -0.4 is 0 Å². The summed E-state index contributed by atoms with van der Waals surface area (Å²) in [6, 6.07) is 0.202. The van der Waals surface area contributed by atoms with Gasteiger partial charge in [-0.15, -0.1) is 0 Å². The van der Waals surface area contributed by atoms with Crippen LogP contribution in [0.1, 0.15) is 26.2 Å². The average molecular weight is 197 g/mol. The fourth-order valence-electron chi connectivity index (χ4n) is 2.55. The third kappa shape index (κ3) is 1.49. The molecular formula is C10H15NO3. The maximum Gasteiger partial charge on any atom is 0.306 e. The second kappa shape index (κ2) is 3.26. The number of carbonyl (C=O) groups excluding carboxylic acids is 1. The van der Waals surface area contributed by atoms with E-state index < -0.39 is 5.97 Å². The van der Waals surface area contributed by atoms with Crippen molar-refractivity contribution in [1.82, 2.24) is 4.90 Å². The van der Waals surface area contributed by atoms with E-state index in [1.54, 1.807) is 6.92 Å². The van der Waals surface area contributed by atoms with Crippen LogP contribution in [0.25, 0.3) is 0 Å². The third-order valence-electron chi connectivity index (χ3n) is 3.35. The van der Waals surface area contributed by atoms with Crippen molar-refractivity contribution in [2.75, 3.05) is 6.54 Å². The normalized spacial score (nSPS) is 35.8. The number of amides is 1. The van der Waals surface area contributed by atoms with Gasteiger partial charge in [-0.3, -0.25) is 9.59 Å². The summed E-state index contributed by atoms with van der Waals surface area (Å²) in [5, 5.41) is 8.81. The van der Waals surface area contributed by atoms with Gasteiger partial charge < -0.3 is 10.0 Å². The lowest BCUT2D eigenvalue weighted by Crippen LogP contribution is -2.35. The minimum Gasteiger partial charge on any atom is -0.481 e. The quantitative estimate of drug-likeness (QED) is 0.709. The zero-order valence-electron chi connectivity index (χ0n) is 8.27. The second-order valence-corrected chi connectivity index (χ2v) is 4.27. The predicted molar refractivity (Wildman–Crippen MR) is 49.6 cm³/mol. The summed E-state index contributed by atoms with van der Waals surface area (Å²) in [7, 11) is 0. The van der Waals surface area contributed by atoms with Gasteiger partial charge in [0.25, 0.3) is 0 Å². The Morgan fingerprint density at radius 1 is 1.43 bits per heavy atom. The number of hydrogen-bond donors (Lipinski definition) is 1. The van der Waals surface area contributed by atoms with Crippen molar-refractivity contribution < 1.29 is 14.7 Å². The maximum absolute atomic E-state index is 11.2. The van der Waals surface area contributed by atoms with Gasteiger partial charge in [0.2, 0.25) is 5.91 Å². The number of hydrogen-bond acceptors (Lipinski definition) is 2. The van der Waals surface area contributed by atoms with Gasteiger partial charge in [-0.1, -0.05) is 0 Å². The lowest BCUT2D eigenvalue weighted by atomic mass is 10.1. The number of carbonyl (C=O) groups is 2. The van der Waals surface area contributed by atoms with E-state index in [9.17, 15) is 9.59 Å². The lowest BCUT2D eigenvalue weighted by molar-refractivity contribution is -0.139. The number of carboxylic acid groups (broad SMARTS) is 1. The topological polar surface area (TPSA) is 57.6 Å². The van der Waals surface area contributed by atoms with Crippen molar-refractivity contribution >= 4 is 11.9 Å². The smallest absolute Gasteiger partial charge is 0.306 e. The van der Waals surface area contributed by atoms with Gasteiger partial charge in [0.05, 0.1) is 5.92 Å². The molecule has 0 aromatic heterocycles. The molecule has 2 aliphatic rings. The van der Waals surface area contributed by atoms with Crippen LogP contribution in [0, 0.1) is 11.8 Å². The van der Waals surface area contributed by atoms with Crippen molar-refractivity contribution in [2.45, 2.75) is 32.2 Å². The highest BCUT2D eigenvalue weighted by Crippen LogP contribution is 2.46. The molecule has 3 atom stereocenters. The molecule has 0 aromatic carbocycles. The molecule has 4 heteroatoms. The minimum absolute atomic E-state index is 0.0866. The number of aliphatic carboxylic acids is 1. The van der Waals surface area contributed by atoms with E-state index in [-0.39, 0.29) is 23.8 Å². The Morgan fingerprint density at radius 2 is 2.14 bits per heavy atom. The first-order chi connectivity index (χ1) is 6.61. The Kier molecular flexibility index (Phi) is 2.21. The van der Waals surface area contributed by atoms with Gasteiger partial charge >= 0.3 is 5.97 Å². The van der Waals surface area contributed by atoms with Crippen molar-refractivity contribution in [3.8, 4) is 0 Å². The largest absolute Gasteiger partial charge is 0.481 e. The van der Waals surface area contributed by atoms with E-state index in [2.05, 4.69) is 0 Å². The molecule has 1 amide bonds. The molecule has 14 heavy (non-hydrogen) atoms. The van der Waals surface area contributed by atoms with E-state index >= 15 is 0 Å². The Morgan fingerprint density at radius 3 is 2.64 bits per heavy atom. The number of carboxylic acids is 1. The summed E-state index contributed by atoms with van der Waals surface area (Å²) in [6.45, 7) is 2.37. The molecule has 4 nitrogen and oxygen atoms in total. The summed E-state index contributed by atoms with van der Waals surface area (Å²) in [4.78, 5) is 23.8. The van der Waals surface area contributed by atoms with Crippen molar-refractivity contribution in [3.63, 3.8) is 0 Å². The van der Waals surface area contributed by atoms with E-state index in [1.165, 1.54) is 0 Å². The van der Waals surface area contributed by atoms with Crippen LogP contribution in [0.15, 0.2) is 0 Å². The van der Waals surface area contributed by atoms with Crippen LogP contribution in [-0.2, 0) is 9.59 Å². The molecule has 1 unspecified atom stereocenters. The summed E-state index contributed by atoms with van der Waals surface area (Å²) in [6.07, 6.45) is 2.75. The first-order valence-corrected chi connectivity index (χ1v) is 5.11. The van der Waals surface area contributed by atoms with Crippen molar-refractivity contribution in [1.29, 1.82) is 0 Å². The first-order valence-electron chi connectivity index (χ1n) is 5.11. The summed E-state index contributed by atoms with van der Waals surface area (Å²) in [5.74, 6) is -0.590. The van der Waals surface area contributed by atoms with Gasteiger partial charge in [-0.2, -0.15) is 0 Å². The van der Waals surface area contributed by atoms with E-state index in [4.69, 9.17) is 5.11 Å². The number of nitrogens with zero attached hydrogens (tertiary/aromatic N) is 1. The Balaban J connectivity index is 1.99.